The minimum atomic E-state index is -0.381. The van der Waals surface area contributed by atoms with Crippen molar-refractivity contribution >= 4 is 46.1 Å². The zero-order valence-corrected chi connectivity index (χ0v) is 35.2. The number of anilines is 3. The molecule has 4 aliphatic heterocycles. The Morgan fingerprint density at radius 1 is 0.919 bits per heavy atom. The maximum Gasteiger partial charge on any atom is 0.328 e. The zero-order chi connectivity index (χ0) is 42.5. The number of piperidine rings is 2. The smallest absolute Gasteiger partial charge is 0.328 e. The fourth-order valence-corrected chi connectivity index (χ4v) is 9.99. The van der Waals surface area contributed by atoms with E-state index in [1.807, 2.05) is 48.2 Å². The highest BCUT2D eigenvalue weighted by Crippen LogP contribution is 2.45. The molecule has 4 saturated heterocycles. The van der Waals surface area contributed by atoms with Crippen LogP contribution < -0.4 is 20.9 Å². The van der Waals surface area contributed by atoms with Crippen LogP contribution >= 0.6 is 0 Å². The van der Waals surface area contributed by atoms with E-state index in [0.717, 1.165) is 86.4 Å². The first-order valence-corrected chi connectivity index (χ1v) is 22.2. The van der Waals surface area contributed by atoms with Crippen LogP contribution in [0.4, 0.5) is 22.0 Å². The first-order valence-electron chi connectivity index (χ1n) is 22.2. The molecule has 5 fully saturated rings. The average molecular weight is 839 g/mol. The molecule has 10 rings (SSSR count). The molecule has 3 aromatic heterocycles. The number of hydrogen-bond acceptors (Lipinski definition) is 11. The number of phenols is 1. The van der Waals surface area contributed by atoms with Crippen LogP contribution in [0.5, 0.6) is 5.75 Å². The van der Waals surface area contributed by atoms with Crippen LogP contribution in [0.25, 0.3) is 22.3 Å². The maximum absolute atomic E-state index is 13.7. The van der Waals surface area contributed by atoms with Gasteiger partial charge in [-0.1, -0.05) is 24.3 Å². The van der Waals surface area contributed by atoms with Crippen LogP contribution in [0.2, 0.25) is 0 Å². The topological polar surface area (TPSA) is 175 Å². The van der Waals surface area contributed by atoms with Gasteiger partial charge in [0.1, 0.15) is 17.5 Å². The third-order valence-corrected chi connectivity index (χ3v) is 13.5. The van der Waals surface area contributed by atoms with Gasteiger partial charge in [0.15, 0.2) is 5.82 Å². The zero-order valence-electron chi connectivity index (χ0n) is 35.2. The Kier molecular flexibility index (Phi) is 10.8. The van der Waals surface area contributed by atoms with Crippen molar-refractivity contribution < 1.29 is 24.2 Å². The highest BCUT2D eigenvalue weighted by Gasteiger charge is 2.34. The van der Waals surface area contributed by atoms with Crippen LogP contribution in [0.15, 0.2) is 73.1 Å². The van der Waals surface area contributed by atoms with Crippen LogP contribution in [0, 0.1) is 5.92 Å². The Balaban J connectivity index is 0.720. The van der Waals surface area contributed by atoms with Gasteiger partial charge < -0.3 is 34.8 Å². The van der Waals surface area contributed by atoms with Crippen molar-refractivity contribution in [1.29, 1.82) is 0 Å². The average Bonchev–Trinajstić information content (AvgIpc) is 4.07. The van der Waals surface area contributed by atoms with Crippen LogP contribution in [0.3, 0.4) is 0 Å². The first-order chi connectivity index (χ1) is 30.1. The fourth-order valence-electron chi connectivity index (χ4n) is 9.99. The van der Waals surface area contributed by atoms with Gasteiger partial charge in [-0.05, 0) is 105 Å². The number of nitrogens with one attached hydrogen (secondary N) is 1. The molecule has 15 nitrogen and oxygen atoms in total. The molecular formula is C47H54N10O5. The van der Waals surface area contributed by atoms with E-state index in [9.17, 15) is 19.5 Å². The monoisotopic (exact) mass is 838 g/mol. The number of ether oxygens (including phenoxy) is 1. The number of phenolic OH excluding ortho intramolecular Hbond substituents is 1. The number of urea groups is 1. The minimum absolute atomic E-state index is 0.0715. The molecule has 0 unspecified atom stereocenters. The molecular weight excluding hydrogens is 785 g/mol. The van der Waals surface area contributed by atoms with E-state index >= 15 is 0 Å². The fraction of sp³-hybridized carbons (Fsp3) is 0.447. The molecule has 5 aromatic rings. The van der Waals surface area contributed by atoms with E-state index in [-0.39, 0.29) is 35.8 Å². The molecule has 4 N–H and O–H groups in total. The van der Waals surface area contributed by atoms with Crippen LogP contribution in [-0.4, -0.2) is 111 Å². The number of benzene rings is 2. The quantitative estimate of drug-likeness (QED) is 0.153. The molecule has 4 amide bonds. The van der Waals surface area contributed by atoms with Gasteiger partial charge in [-0.2, -0.15) is 0 Å². The van der Waals surface area contributed by atoms with Gasteiger partial charge in [0, 0.05) is 87.5 Å². The number of carbonyl (C=O) groups excluding carboxylic acids is 3. The van der Waals surface area contributed by atoms with Crippen molar-refractivity contribution in [3.05, 3.63) is 89.7 Å². The highest BCUT2D eigenvalue weighted by molar-refractivity contribution is 6.06. The normalized spacial score (nSPS) is 22.0. The van der Waals surface area contributed by atoms with E-state index in [2.05, 4.69) is 42.1 Å². The summed E-state index contributed by atoms with van der Waals surface area (Å²) in [7, 11) is 0. The predicted molar refractivity (Wildman–Crippen MR) is 236 cm³/mol. The van der Waals surface area contributed by atoms with Crippen molar-refractivity contribution in [2.75, 3.05) is 67.9 Å². The summed E-state index contributed by atoms with van der Waals surface area (Å²) in [6.07, 6.45) is 10.5. The van der Waals surface area contributed by atoms with Crippen molar-refractivity contribution in [3.8, 4) is 17.0 Å². The number of nitrogens with two attached hydrogens (primary N) is 1. The first kappa shape index (κ1) is 40.0. The van der Waals surface area contributed by atoms with Crippen molar-refractivity contribution in [2.45, 2.75) is 76.0 Å². The van der Waals surface area contributed by atoms with E-state index in [4.69, 9.17) is 15.5 Å². The SMILES string of the molecule is C[C@H]1CN(c2cc(-c3ccccc3O)nnc2N)C[C@@H](c2ccc(C(=O)N3CCC(CN4CCC(n5cc(C6CC6)c6cc(N7CCC(=O)NC7=O)cnc65)CC4)CC3)cc2)O1. The molecule has 0 spiro atoms. The predicted octanol–water partition coefficient (Wildman–Crippen LogP) is 6.26. The Morgan fingerprint density at radius 3 is 2.44 bits per heavy atom. The summed E-state index contributed by atoms with van der Waals surface area (Å²) in [6.45, 7) is 8.20. The number of rotatable bonds is 9. The number of aromatic nitrogens is 4. The van der Waals surface area contributed by atoms with E-state index < -0.39 is 0 Å². The van der Waals surface area contributed by atoms with Gasteiger partial charge in [-0.15, -0.1) is 10.2 Å². The number of nitrogen functional groups attached to an aromatic ring is 1. The number of pyridine rings is 1. The number of para-hydroxylation sites is 1. The van der Waals surface area contributed by atoms with Crippen LogP contribution in [-0.2, 0) is 9.53 Å². The van der Waals surface area contributed by atoms with E-state index in [1.165, 1.54) is 18.4 Å². The second kappa shape index (κ2) is 16.7. The van der Waals surface area contributed by atoms with Crippen molar-refractivity contribution in [1.82, 2.24) is 34.9 Å². The lowest BCUT2D eigenvalue weighted by atomic mass is 9.94. The molecule has 2 atom stereocenters. The molecule has 1 saturated carbocycles. The van der Waals surface area contributed by atoms with Gasteiger partial charge in [-0.3, -0.25) is 19.8 Å². The van der Waals surface area contributed by atoms with E-state index in [0.29, 0.717) is 66.6 Å². The van der Waals surface area contributed by atoms with Crippen molar-refractivity contribution in [3.63, 3.8) is 0 Å². The van der Waals surface area contributed by atoms with Gasteiger partial charge in [-0.25, -0.2) is 9.78 Å². The lowest BCUT2D eigenvalue weighted by Gasteiger charge is -2.39. The summed E-state index contributed by atoms with van der Waals surface area (Å²) in [4.78, 5) is 51.3. The third kappa shape index (κ3) is 8.06. The second-order valence-corrected chi connectivity index (χ2v) is 17.8. The van der Waals surface area contributed by atoms with Gasteiger partial charge >= 0.3 is 6.03 Å². The molecule has 15 heteroatoms. The molecule has 1 aliphatic carbocycles. The Labute approximate surface area is 360 Å². The minimum Gasteiger partial charge on any atom is -0.507 e. The van der Waals surface area contributed by atoms with E-state index in [1.54, 1.807) is 29.3 Å². The molecule has 0 bridgehead atoms. The number of fused-ring (bicyclic) bond motifs is 1. The number of carbonyl (C=O) groups is 3. The summed E-state index contributed by atoms with van der Waals surface area (Å²) in [5.74, 6) is 1.38. The summed E-state index contributed by atoms with van der Waals surface area (Å²) in [6, 6.07) is 18.9. The van der Waals surface area contributed by atoms with Crippen molar-refractivity contribution in [2.24, 2.45) is 5.92 Å². The largest absolute Gasteiger partial charge is 0.507 e. The summed E-state index contributed by atoms with van der Waals surface area (Å²) in [5, 5.41) is 22.4. The number of morpholine rings is 1. The molecule has 7 heterocycles. The number of imide groups is 1. The third-order valence-electron chi connectivity index (χ3n) is 13.5. The molecule has 2 aromatic carbocycles. The van der Waals surface area contributed by atoms with Gasteiger partial charge in [0.05, 0.1) is 29.4 Å². The number of nitrogens with zero attached hydrogens (tertiary/aromatic N) is 8. The summed E-state index contributed by atoms with van der Waals surface area (Å²) in [5.41, 5.74) is 13.0. The van der Waals surface area contributed by atoms with Gasteiger partial charge in [0.25, 0.3) is 5.91 Å². The molecule has 62 heavy (non-hydrogen) atoms. The number of amides is 4. The standard InChI is InChI=1S/C47H54N10O5/c1-29-25-55(40-23-39(51-52-44(40)48)36-4-2-3-5-41(36)58)28-42(62-29)32-8-10-33(11-9-32)46(60)54-19-12-30(13-20-54)26-53-17-14-34(15-18-53)57-27-38(31-6-7-31)37-22-35(24-49-45(37)57)56-21-16-43(59)50-47(56)61/h2-5,8-11,22-24,27,29-31,34,42,58H,6-7,12-21,25-26,28H2,1H3,(H2,48,52)(H,50,59,61)/t29-,42-/m0/s1. The number of likely N-dealkylation sites (tertiary alicyclic amines) is 2. The number of hydrogen-bond donors (Lipinski definition) is 3. The Morgan fingerprint density at radius 2 is 1.69 bits per heavy atom. The lowest BCUT2D eigenvalue weighted by Crippen LogP contribution is -2.49. The Hall–Kier alpha value is -6.06. The Bertz CT molecular complexity index is 2490. The molecule has 5 aliphatic rings. The van der Waals surface area contributed by atoms with Crippen LogP contribution in [0.1, 0.15) is 91.4 Å². The lowest BCUT2D eigenvalue weighted by molar-refractivity contribution is -0.120. The second-order valence-electron chi connectivity index (χ2n) is 17.8. The molecule has 322 valence electrons. The van der Waals surface area contributed by atoms with Gasteiger partial charge in [0.2, 0.25) is 5.91 Å². The summed E-state index contributed by atoms with van der Waals surface area (Å²) < 4.78 is 8.78. The maximum atomic E-state index is 13.7. The number of aromatic hydroxyl groups is 1. The molecule has 0 radical (unpaired) electrons. The summed E-state index contributed by atoms with van der Waals surface area (Å²) >= 11 is 0. The highest BCUT2D eigenvalue weighted by atomic mass is 16.5.